The largest absolute Gasteiger partial charge is 0.379 e. The molecule has 1 spiro atoms. The first kappa shape index (κ1) is 17.0. The molecule has 0 bridgehead atoms. The fourth-order valence-corrected chi connectivity index (χ4v) is 3.24. The van der Waals surface area contributed by atoms with Gasteiger partial charge in [-0.2, -0.15) is 0 Å². The van der Waals surface area contributed by atoms with E-state index in [1.54, 1.807) is 27.8 Å². The van der Waals surface area contributed by atoms with Crippen LogP contribution in [0.4, 0.5) is 15.0 Å². The van der Waals surface area contributed by atoms with Gasteiger partial charge in [0, 0.05) is 24.1 Å². The summed E-state index contributed by atoms with van der Waals surface area (Å²) in [6.07, 6.45) is 2.21. The first-order chi connectivity index (χ1) is 12.6. The number of carbonyl (C=O) groups excluding carboxylic acids is 1. The Morgan fingerprint density at radius 2 is 2.19 bits per heavy atom. The third-order valence-electron chi connectivity index (χ3n) is 5.17. The van der Waals surface area contributed by atoms with Gasteiger partial charge in [0.2, 0.25) is 0 Å². The Morgan fingerprint density at radius 3 is 2.96 bits per heavy atom. The molecule has 1 aliphatic heterocycles. The molecule has 1 N–H and O–H groups in total. The number of nitrogens with zero attached hydrogens (tertiary/aromatic N) is 4. The van der Waals surface area contributed by atoms with E-state index in [9.17, 15) is 9.18 Å². The van der Waals surface area contributed by atoms with Crippen molar-refractivity contribution in [1.82, 2.24) is 19.9 Å². The number of amides is 2. The highest BCUT2D eigenvalue weighted by atomic mass is 19.1. The lowest BCUT2D eigenvalue weighted by Crippen LogP contribution is -2.39. The number of urea groups is 1. The number of aromatic nitrogens is 3. The second-order valence-electron chi connectivity index (χ2n) is 7.18. The zero-order valence-electron chi connectivity index (χ0n) is 14.7. The molecule has 2 heterocycles. The molecule has 1 aliphatic carbocycles. The van der Waals surface area contributed by atoms with Crippen LogP contribution in [-0.4, -0.2) is 52.2 Å². The van der Waals surface area contributed by atoms with E-state index in [-0.39, 0.29) is 23.8 Å². The number of nitrogens with one attached hydrogen (secondary N) is 1. The molecule has 0 unspecified atom stereocenters. The molecular formula is C18H22FN5O2. The molecule has 2 aliphatic rings. The number of anilines is 1. The predicted molar refractivity (Wildman–Crippen MR) is 93.3 cm³/mol. The van der Waals surface area contributed by atoms with Crippen LogP contribution in [0.15, 0.2) is 24.3 Å². The Bertz CT molecular complexity index is 818. The molecule has 4 rings (SSSR count). The maximum Gasteiger partial charge on any atom is 0.323 e. The van der Waals surface area contributed by atoms with Gasteiger partial charge in [-0.15, -0.1) is 5.10 Å². The third-order valence-corrected chi connectivity index (χ3v) is 5.17. The zero-order valence-corrected chi connectivity index (χ0v) is 14.7. The van der Waals surface area contributed by atoms with Crippen molar-refractivity contribution in [3.05, 3.63) is 41.3 Å². The summed E-state index contributed by atoms with van der Waals surface area (Å²) in [6.45, 7) is 4.63. The fourth-order valence-electron chi connectivity index (χ4n) is 3.24. The Morgan fingerprint density at radius 1 is 1.38 bits per heavy atom. The van der Waals surface area contributed by atoms with Crippen molar-refractivity contribution < 1.29 is 13.9 Å². The average Bonchev–Trinajstić information content (AvgIpc) is 3.37. The molecule has 0 radical (unpaired) electrons. The van der Waals surface area contributed by atoms with Crippen molar-refractivity contribution in [2.24, 2.45) is 5.41 Å². The van der Waals surface area contributed by atoms with Crippen LogP contribution in [0.25, 0.3) is 0 Å². The van der Waals surface area contributed by atoms with Gasteiger partial charge in [0.1, 0.15) is 5.82 Å². The van der Waals surface area contributed by atoms with E-state index in [1.165, 1.54) is 6.07 Å². The molecule has 2 fully saturated rings. The number of hydrogen-bond donors (Lipinski definition) is 1. The van der Waals surface area contributed by atoms with Crippen LogP contribution in [-0.2, 0) is 11.3 Å². The van der Waals surface area contributed by atoms with E-state index in [0.717, 1.165) is 19.4 Å². The van der Waals surface area contributed by atoms with Crippen LogP contribution < -0.4 is 5.32 Å². The summed E-state index contributed by atoms with van der Waals surface area (Å²) in [5, 5.41) is 10.9. The van der Waals surface area contributed by atoms with Gasteiger partial charge in [0.05, 0.1) is 25.5 Å². The molecule has 1 saturated heterocycles. The molecule has 1 saturated carbocycles. The number of ether oxygens (including phenoxy) is 1. The second-order valence-corrected chi connectivity index (χ2v) is 7.18. The first-order valence-electron chi connectivity index (χ1n) is 8.84. The molecule has 138 valence electrons. The van der Waals surface area contributed by atoms with Crippen molar-refractivity contribution in [2.45, 2.75) is 26.3 Å². The van der Waals surface area contributed by atoms with Crippen LogP contribution in [0.1, 0.15) is 24.1 Å². The van der Waals surface area contributed by atoms with Gasteiger partial charge >= 0.3 is 6.03 Å². The van der Waals surface area contributed by atoms with Gasteiger partial charge in [-0.05, 0) is 25.8 Å². The fraction of sp³-hybridized carbons (Fsp3) is 0.500. The third kappa shape index (κ3) is 3.41. The van der Waals surface area contributed by atoms with Gasteiger partial charge in [-0.1, -0.05) is 23.4 Å². The molecule has 8 heteroatoms. The maximum atomic E-state index is 13.8. The highest BCUT2D eigenvalue weighted by Crippen LogP contribution is 2.47. The lowest BCUT2D eigenvalue weighted by Gasteiger charge is -2.23. The minimum Gasteiger partial charge on any atom is -0.379 e. The normalized spacial score (nSPS) is 18.6. The molecule has 2 amide bonds. The SMILES string of the molecule is Cc1c(NC(=O)N2CCOCC3(CC3)C2)nnn1Cc1ccccc1F. The number of rotatable bonds is 3. The predicted octanol–water partition coefficient (Wildman–Crippen LogP) is 2.42. The van der Waals surface area contributed by atoms with Crippen molar-refractivity contribution in [3.63, 3.8) is 0 Å². The second kappa shape index (κ2) is 6.68. The standard InChI is InChI=1S/C18H22FN5O2/c1-13-16(21-22-24(13)10-14-4-2-3-5-15(14)19)20-17(25)23-8-9-26-12-18(11-23)6-7-18/h2-5H,6-12H2,1H3,(H,20,25). The van der Waals surface area contributed by atoms with Crippen LogP contribution in [0, 0.1) is 18.2 Å². The number of benzene rings is 1. The molecule has 7 nitrogen and oxygen atoms in total. The minimum atomic E-state index is -0.285. The summed E-state index contributed by atoms with van der Waals surface area (Å²) in [5.41, 5.74) is 1.36. The lowest BCUT2D eigenvalue weighted by atomic mass is 10.1. The summed E-state index contributed by atoms with van der Waals surface area (Å²) in [6, 6.07) is 6.36. The summed E-state index contributed by atoms with van der Waals surface area (Å²) in [7, 11) is 0. The monoisotopic (exact) mass is 359 g/mol. The Kier molecular flexibility index (Phi) is 4.36. The van der Waals surface area contributed by atoms with Crippen molar-refractivity contribution >= 4 is 11.8 Å². The van der Waals surface area contributed by atoms with Gasteiger partial charge in [-0.25, -0.2) is 13.9 Å². The average molecular weight is 359 g/mol. The van der Waals surface area contributed by atoms with Crippen LogP contribution in [0.5, 0.6) is 0 Å². The Labute approximate surface area is 151 Å². The summed E-state index contributed by atoms with van der Waals surface area (Å²) >= 11 is 0. The van der Waals surface area contributed by atoms with E-state index < -0.39 is 0 Å². The van der Waals surface area contributed by atoms with Gasteiger partial charge in [-0.3, -0.25) is 5.32 Å². The highest BCUT2D eigenvalue weighted by molar-refractivity contribution is 5.88. The number of hydrogen-bond acceptors (Lipinski definition) is 4. The number of carbonyl (C=O) groups is 1. The quantitative estimate of drug-likeness (QED) is 0.914. The van der Waals surface area contributed by atoms with Crippen LogP contribution in [0.2, 0.25) is 0 Å². The smallest absolute Gasteiger partial charge is 0.323 e. The molecule has 0 atom stereocenters. The van der Waals surface area contributed by atoms with Crippen molar-refractivity contribution in [3.8, 4) is 0 Å². The van der Waals surface area contributed by atoms with Crippen LogP contribution in [0.3, 0.4) is 0 Å². The van der Waals surface area contributed by atoms with Gasteiger partial charge in [0.25, 0.3) is 0 Å². The van der Waals surface area contributed by atoms with Crippen LogP contribution >= 0.6 is 0 Å². The number of halogens is 1. The maximum absolute atomic E-state index is 13.8. The van der Waals surface area contributed by atoms with Crippen molar-refractivity contribution in [2.75, 3.05) is 31.6 Å². The molecule has 26 heavy (non-hydrogen) atoms. The molecular weight excluding hydrogens is 337 g/mol. The molecule has 2 aromatic rings. The summed E-state index contributed by atoms with van der Waals surface area (Å²) < 4.78 is 21.0. The summed E-state index contributed by atoms with van der Waals surface area (Å²) in [5.74, 6) is 0.119. The Hall–Kier alpha value is -2.48. The lowest BCUT2D eigenvalue weighted by molar-refractivity contribution is 0.115. The minimum absolute atomic E-state index is 0.144. The van der Waals surface area contributed by atoms with E-state index in [4.69, 9.17) is 4.74 Å². The molecule has 1 aromatic heterocycles. The van der Waals surface area contributed by atoms with Crippen molar-refractivity contribution in [1.29, 1.82) is 0 Å². The van der Waals surface area contributed by atoms with Gasteiger partial charge in [0.15, 0.2) is 5.82 Å². The van der Waals surface area contributed by atoms with E-state index in [0.29, 0.717) is 36.8 Å². The van der Waals surface area contributed by atoms with E-state index in [1.807, 2.05) is 6.92 Å². The van der Waals surface area contributed by atoms with Gasteiger partial charge < -0.3 is 9.64 Å². The topological polar surface area (TPSA) is 72.3 Å². The zero-order chi connectivity index (χ0) is 18.1. The Balaban J connectivity index is 1.44. The summed E-state index contributed by atoms with van der Waals surface area (Å²) in [4.78, 5) is 14.4. The molecule has 1 aromatic carbocycles. The highest BCUT2D eigenvalue weighted by Gasteiger charge is 2.46. The first-order valence-corrected chi connectivity index (χ1v) is 8.84. The van der Waals surface area contributed by atoms with E-state index >= 15 is 0 Å². The van der Waals surface area contributed by atoms with E-state index in [2.05, 4.69) is 15.6 Å².